The Balaban J connectivity index is 1.94. The highest BCUT2D eigenvalue weighted by Crippen LogP contribution is 2.70. The molecule has 38 heavy (non-hydrogen) atoms. The number of allylic oxidation sites excluding steroid dienone is 1. The summed E-state index contributed by atoms with van der Waals surface area (Å²) in [6.45, 7) is 12.6. The molecule has 0 aromatic rings. The van der Waals surface area contributed by atoms with E-state index in [4.69, 9.17) is 9.47 Å². The number of fused-ring (bicyclic) bond motifs is 4. The van der Waals surface area contributed by atoms with E-state index >= 15 is 0 Å². The molecule has 0 heterocycles. The summed E-state index contributed by atoms with van der Waals surface area (Å²) in [6, 6.07) is 0. The van der Waals surface area contributed by atoms with Crippen molar-refractivity contribution >= 4 is 29.3 Å². The lowest BCUT2D eigenvalue weighted by Gasteiger charge is -2.61. The molecule has 0 amide bonds. The van der Waals surface area contributed by atoms with Gasteiger partial charge in [-0.15, -0.1) is 0 Å². The normalized spacial score (nSPS) is 40.7. The average molecular weight is 531 g/mol. The van der Waals surface area contributed by atoms with Crippen LogP contribution in [-0.4, -0.2) is 53.7 Å². The summed E-state index contributed by atoms with van der Waals surface area (Å²) in [5, 5.41) is 10.8. The summed E-state index contributed by atoms with van der Waals surface area (Å²) in [5.41, 5.74) is -3.26. The van der Waals surface area contributed by atoms with E-state index in [2.05, 4.69) is 0 Å². The van der Waals surface area contributed by atoms with E-state index in [1.54, 1.807) is 6.92 Å². The number of Topliss-reactive ketones (excluding diaryl/α,β-unsaturated/α-hetero) is 3. The number of hydrogen-bond acceptors (Lipinski definition) is 8. The lowest BCUT2D eigenvalue weighted by atomic mass is 9.42. The lowest BCUT2D eigenvalue weighted by Crippen LogP contribution is -2.65. The van der Waals surface area contributed by atoms with Crippen LogP contribution in [0.25, 0.3) is 0 Å². The summed E-state index contributed by atoms with van der Waals surface area (Å²) in [5.74, 6) is -2.63. The molecule has 1 N–H and O–H groups in total. The van der Waals surface area contributed by atoms with Crippen molar-refractivity contribution in [3.8, 4) is 0 Å². The van der Waals surface area contributed by atoms with Crippen LogP contribution in [0.3, 0.4) is 0 Å². The standard InChI is InChI=1S/C30H42O8/c1-15(9-10-22(35)37-8)17-13-21(34)30(7)23-18(32)14-19-27(3,4)20(33)11-12-28(19,5)24(23)25(36)26(29(17,30)6)38-16(2)31/h15,17,19-20,26,33H,9-14H2,1-8H3/t15-,17-,19+,20+,26+,28+,29+,30+/m1/s1. The third-order valence-electron chi connectivity index (χ3n) is 11.3. The van der Waals surface area contributed by atoms with Crippen molar-refractivity contribution in [1.82, 2.24) is 0 Å². The van der Waals surface area contributed by atoms with Gasteiger partial charge in [-0.05, 0) is 49.4 Å². The van der Waals surface area contributed by atoms with Gasteiger partial charge in [-0.25, -0.2) is 0 Å². The molecule has 2 fully saturated rings. The second kappa shape index (κ2) is 9.10. The monoisotopic (exact) mass is 530 g/mol. The third-order valence-corrected chi connectivity index (χ3v) is 11.3. The first-order valence-electron chi connectivity index (χ1n) is 13.8. The third kappa shape index (κ3) is 3.61. The van der Waals surface area contributed by atoms with Gasteiger partial charge >= 0.3 is 11.9 Å². The molecule has 210 valence electrons. The number of methoxy groups -OCH3 is 1. The molecular formula is C30H42O8. The quantitative estimate of drug-likeness (QED) is 0.533. The van der Waals surface area contributed by atoms with Crippen LogP contribution in [0, 0.1) is 39.4 Å². The minimum Gasteiger partial charge on any atom is -0.469 e. The van der Waals surface area contributed by atoms with Crippen molar-refractivity contribution in [3.05, 3.63) is 11.1 Å². The van der Waals surface area contributed by atoms with Crippen molar-refractivity contribution in [2.24, 2.45) is 39.4 Å². The zero-order valence-electron chi connectivity index (χ0n) is 23.9. The highest BCUT2D eigenvalue weighted by molar-refractivity contribution is 6.18. The maximum Gasteiger partial charge on any atom is 0.305 e. The predicted molar refractivity (Wildman–Crippen MR) is 138 cm³/mol. The molecule has 8 heteroatoms. The molecular weight excluding hydrogens is 488 g/mol. The topological polar surface area (TPSA) is 124 Å². The maximum atomic E-state index is 14.5. The molecule has 4 aliphatic rings. The Kier molecular flexibility index (Phi) is 6.86. The number of carbonyl (C=O) groups excluding carboxylic acids is 5. The van der Waals surface area contributed by atoms with Gasteiger partial charge in [0, 0.05) is 48.2 Å². The van der Waals surface area contributed by atoms with Gasteiger partial charge in [-0.2, -0.15) is 0 Å². The van der Waals surface area contributed by atoms with E-state index in [9.17, 15) is 29.1 Å². The number of carbonyl (C=O) groups is 5. The second-order valence-corrected chi connectivity index (χ2v) is 13.3. The van der Waals surface area contributed by atoms with Crippen molar-refractivity contribution in [1.29, 1.82) is 0 Å². The van der Waals surface area contributed by atoms with Gasteiger partial charge in [0.05, 0.1) is 18.6 Å². The van der Waals surface area contributed by atoms with Crippen LogP contribution in [0.4, 0.5) is 0 Å². The van der Waals surface area contributed by atoms with Crippen LogP contribution in [-0.2, 0) is 33.4 Å². The number of hydrogen-bond donors (Lipinski definition) is 1. The lowest BCUT2D eigenvalue weighted by molar-refractivity contribution is -0.176. The van der Waals surface area contributed by atoms with Crippen LogP contribution in [0.1, 0.15) is 87.0 Å². The van der Waals surface area contributed by atoms with Crippen LogP contribution < -0.4 is 0 Å². The van der Waals surface area contributed by atoms with Crippen LogP contribution >= 0.6 is 0 Å². The zero-order chi connectivity index (χ0) is 28.6. The number of aliphatic hydroxyl groups excluding tert-OH is 1. The number of esters is 2. The summed E-state index contributed by atoms with van der Waals surface area (Å²) < 4.78 is 10.6. The number of rotatable bonds is 5. The Hall–Kier alpha value is -2.35. The van der Waals surface area contributed by atoms with E-state index in [1.807, 2.05) is 34.6 Å². The van der Waals surface area contributed by atoms with E-state index in [0.29, 0.717) is 24.8 Å². The number of ketones is 3. The fourth-order valence-electron chi connectivity index (χ4n) is 8.81. The molecule has 8 nitrogen and oxygen atoms in total. The Morgan fingerprint density at radius 3 is 2.26 bits per heavy atom. The summed E-state index contributed by atoms with van der Waals surface area (Å²) in [4.78, 5) is 66.9. The van der Waals surface area contributed by atoms with Crippen molar-refractivity contribution < 1.29 is 38.6 Å². The van der Waals surface area contributed by atoms with Gasteiger partial charge in [0.15, 0.2) is 11.9 Å². The van der Waals surface area contributed by atoms with Crippen LogP contribution in [0.2, 0.25) is 0 Å². The summed E-state index contributed by atoms with van der Waals surface area (Å²) in [6.07, 6.45) is -0.0415. The smallest absolute Gasteiger partial charge is 0.305 e. The first-order chi connectivity index (χ1) is 17.5. The molecule has 4 aliphatic carbocycles. The largest absolute Gasteiger partial charge is 0.469 e. The fourth-order valence-corrected chi connectivity index (χ4v) is 8.81. The average Bonchev–Trinajstić information content (AvgIpc) is 3.05. The predicted octanol–water partition coefficient (Wildman–Crippen LogP) is 3.76. The van der Waals surface area contributed by atoms with Gasteiger partial charge in [-0.3, -0.25) is 24.0 Å². The summed E-state index contributed by atoms with van der Waals surface area (Å²) >= 11 is 0. The molecule has 0 unspecified atom stereocenters. The Labute approximate surface area is 224 Å². The molecule has 0 bridgehead atoms. The van der Waals surface area contributed by atoms with Crippen molar-refractivity contribution in [3.63, 3.8) is 0 Å². The molecule has 8 atom stereocenters. The van der Waals surface area contributed by atoms with Gasteiger partial charge in [0.1, 0.15) is 5.78 Å². The maximum absolute atomic E-state index is 14.5. The first kappa shape index (κ1) is 28.7. The van der Waals surface area contributed by atoms with E-state index in [0.717, 1.165) is 0 Å². The zero-order valence-corrected chi connectivity index (χ0v) is 23.9. The molecule has 2 saturated carbocycles. The van der Waals surface area contributed by atoms with E-state index in [-0.39, 0.29) is 54.2 Å². The number of aliphatic hydroxyl groups is 1. The van der Waals surface area contributed by atoms with Gasteiger partial charge in [0.25, 0.3) is 0 Å². The Bertz CT molecular complexity index is 1130. The van der Waals surface area contributed by atoms with Gasteiger partial charge in [-0.1, -0.05) is 34.6 Å². The summed E-state index contributed by atoms with van der Waals surface area (Å²) in [7, 11) is 1.32. The SMILES string of the molecule is COC(=O)CC[C@@H](C)[C@H]1CC(=O)[C@@]2(C)C3=C(C(=O)[C@H](OC(C)=O)[C@]12C)[C@@]1(C)CC[C@H](O)C(C)(C)[C@@H]1CC3=O. The molecule has 0 saturated heterocycles. The van der Waals surface area contributed by atoms with Crippen LogP contribution in [0.5, 0.6) is 0 Å². The molecule has 0 spiro atoms. The van der Waals surface area contributed by atoms with Gasteiger partial charge in [0.2, 0.25) is 5.78 Å². The molecule has 0 aromatic carbocycles. The highest BCUT2D eigenvalue weighted by atomic mass is 16.5. The van der Waals surface area contributed by atoms with Crippen molar-refractivity contribution in [2.75, 3.05) is 7.11 Å². The minimum atomic E-state index is -1.33. The van der Waals surface area contributed by atoms with Gasteiger partial charge < -0.3 is 14.6 Å². The van der Waals surface area contributed by atoms with E-state index < -0.39 is 51.5 Å². The number of ether oxygens (including phenoxy) is 2. The highest BCUT2D eigenvalue weighted by Gasteiger charge is 2.74. The Morgan fingerprint density at radius 1 is 1.05 bits per heavy atom. The molecule has 4 rings (SSSR count). The molecule has 0 aromatic heterocycles. The molecule has 0 aliphatic heterocycles. The first-order valence-corrected chi connectivity index (χ1v) is 13.8. The Morgan fingerprint density at radius 2 is 1.68 bits per heavy atom. The second-order valence-electron chi connectivity index (χ2n) is 13.3. The van der Waals surface area contributed by atoms with Crippen molar-refractivity contribution in [2.45, 2.75) is 99.2 Å². The van der Waals surface area contributed by atoms with Crippen LogP contribution in [0.15, 0.2) is 11.1 Å². The van der Waals surface area contributed by atoms with E-state index in [1.165, 1.54) is 14.0 Å². The molecule has 0 radical (unpaired) electrons. The minimum absolute atomic E-state index is 0.120. The fraction of sp³-hybridized carbons (Fsp3) is 0.767.